The van der Waals surface area contributed by atoms with E-state index in [1.54, 1.807) is 0 Å². The van der Waals surface area contributed by atoms with E-state index in [-0.39, 0.29) is 19.1 Å². The summed E-state index contributed by atoms with van der Waals surface area (Å²) >= 11 is 0. The van der Waals surface area contributed by atoms with Crippen molar-refractivity contribution in [2.24, 2.45) is 11.7 Å². The van der Waals surface area contributed by atoms with Gasteiger partial charge >= 0.3 is 5.97 Å². The fourth-order valence-electron chi connectivity index (χ4n) is 1.02. The van der Waals surface area contributed by atoms with Crippen molar-refractivity contribution in [1.82, 2.24) is 5.32 Å². The van der Waals surface area contributed by atoms with Gasteiger partial charge in [0.2, 0.25) is 5.91 Å². The Hall–Kier alpha value is -1.10. The van der Waals surface area contributed by atoms with Crippen LogP contribution >= 0.6 is 0 Å². The van der Waals surface area contributed by atoms with Crippen LogP contribution < -0.4 is 11.1 Å². The van der Waals surface area contributed by atoms with Crippen LogP contribution in [-0.2, 0) is 14.3 Å². The van der Waals surface area contributed by atoms with Crippen molar-refractivity contribution in [3.05, 3.63) is 0 Å². The van der Waals surface area contributed by atoms with E-state index in [9.17, 15) is 9.59 Å². The monoisotopic (exact) mass is 216 g/mol. The molecule has 0 aliphatic carbocycles. The first-order valence-corrected chi connectivity index (χ1v) is 5.17. The molecule has 3 N–H and O–H groups in total. The average Bonchev–Trinajstić information content (AvgIpc) is 2.11. The Balaban J connectivity index is 3.30. The lowest BCUT2D eigenvalue weighted by Gasteiger charge is -2.06. The van der Waals surface area contributed by atoms with Crippen molar-refractivity contribution in [2.45, 2.75) is 26.7 Å². The van der Waals surface area contributed by atoms with Crippen molar-refractivity contribution >= 4 is 11.9 Å². The summed E-state index contributed by atoms with van der Waals surface area (Å²) in [7, 11) is 0. The molecule has 0 aromatic heterocycles. The molecule has 5 nitrogen and oxygen atoms in total. The third-order valence-electron chi connectivity index (χ3n) is 1.76. The zero-order valence-corrected chi connectivity index (χ0v) is 9.41. The average molecular weight is 216 g/mol. The molecule has 0 saturated carbocycles. The number of amides is 1. The van der Waals surface area contributed by atoms with Crippen LogP contribution in [0.4, 0.5) is 0 Å². The predicted molar refractivity (Wildman–Crippen MR) is 57.1 cm³/mol. The second kappa shape index (κ2) is 8.23. The Morgan fingerprint density at radius 1 is 1.33 bits per heavy atom. The van der Waals surface area contributed by atoms with Gasteiger partial charge in [0.05, 0.1) is 19.7 Å². The summed E-state index contributed by atoms with van der Waals surface area (Å²) in [6.07, 6.45) is 1.92. The number of nitrogens with one attached hydrogen (secondary N) is 1. The van der Waals surface area contributed by atoms with Gasteiger partial charge in [-0.05, 0) is 18.8 Å². The fraction of sp³-hybridized carbons (Fsp3) is 0.800. The van der Waals surface area contributed by atoms with Crippen LogP contribution in [0.25, 0.3) is 0 Å². The smallest absolute Gasteiger partial charge is 0.319 e. The third kappa shape index (κ3) is 10.8. The molecule has 88 valence electrons. The van der Waals surface area contributed by atoms with E-state index >= 15 is 0 Å². The molecule has 1 amide bonds. The molecule has 0 aromatic rings. The molecule has 0 spiro atoms. The fourth-order valence-corrected chi connectivity index (χ4v) is 1.02. The zero-order chi connectivity index (χ0) is 11.7. The quantitative estimate of drug-likeness (QED) is 0.443. The summed E-state index contributed by atoms with van der Waals surface area (Å²) in [6, 6.07) is 0. The van der Waals surface area contributed by atoms with Crippen LogP contribution in [-0.4, -0.2) is 31.6 Å². The maximum absolute atomic E-state index is 11.0. The lowest BCUT2D eigenvalue weighted by atomic mass is 10.1. The largest absolute Gasteiger partial charge is 0.465 e. The molecule has 0 aliphatic rings. The number of carbonyl (C=O) groups is 2. The van der Waals surface area contributed by atoms with Gasteiger partial charge < -0.3 is 10.5 Å². The number of ether oxygens (including phenoxy) is 1. The summed E-state index contributed by atoms with van der Waals surface area (Å²) in [6.45, 7) is 4.72. The summed E-state index contributed by atoms with van der Waals surface area (Å²) in [5.41, 5.74) is 4.88. The van der Waals surface area contributed by atoms with E-state index in [4.69, 9.17) is 10.5 Å². The molecule has 0 unspecified atom stereocenters. The van der Waals surface area contributed by atoms with Crippen LogP contribution in [0.15, 0.2) is 0 Å². The Bertz CT molecular complexity index is 205. The molecule has 0 aliphatic heterocycles. The Morgan fingerprint density at radius 2 is 2.00 bits per heavy atom. The molecule has 0 heterocycles. The minimum absolute atomic E-state index is 0.00109. The SMILES string of the molecule is CC(C)CCCOC(=O)CNCC(N)=O. The predicted octanol–water partition coefficient (Wildman–Crippen LogP) is 0.0407. The summed E-state index contributed by atoms with van der Waals surface area (Å²) < 4.78 is 4.92. The Kier molecular flexibility index (Phi) is 7.62. The van der Waals surface area contributed by atoms with Gasteiger partial charge in [-0.1, -0.05) is 13.8 Å². The molecule has 0 bridgehead atoms. The summed E-state index contributed by atoms with van der Waals surface area (Å²) in [5, 5.41) is 2.59. The van der Waals surface area contributed by atoms with Crippen molar-refractivity contribution < 1.29 is 14.3 Å². The highest BCUT2D eigenvalue weighted by Crippen LogP contribution is 2.02. The number of primary amides is 1. The molecule has 0 fully saturated rings. The molecule has 0 rings (SSSR count). The van der Waals surface area contributed by atoms with Gasteiger partial charge in [-0.3, -0.25) is 14.9 Å². The maximum Gasteiger partial charge on any atom is 0.319 e. The normalized spacial score (nSPS) is 10.3. The maximum atomic E-state index is 11.0. The minimum atomic E-state index is -0.484. The van der Waals surface area contributed by atoms with Crippen molar-refractivity contribution in [1.29, 1.82) is 0 Å². The number of nitrogens with two attached hydrogens (primary N) is 1. The number of hydrogen-bond donors (Lipinski definition) is 2. The lowest BCUT2D eigenvalue weighted by Crippen LogP contribution is -2.33. The highest BCUT2D eigenvalue weighted by atomic mass is 16.5. The van der Waals surface area contributed by atoms with Gasteiger partial charge in [-0.25, -0.2) is 0 Å². The number of rotatable bonds is 8. The van der Waals surface area contributed by atoms with Gasteiger partial charge in [0, 0.05) is 0 Å². The number of carbonyl (C=O) groups excluding carboxylic acids is 2. The van der Waals surface area contributed by atoms with E-state index in [1.807, 2.05) is 0 Å². The minimum Gasteiger partial charge on any atom is -0.465 e. The summed E-state index contributed by atoms with van der Waals surface area (Å²) in [4.78, 5) is 21.4. The van der Waals surface area contributed by atoms with Gasteiger partial charge in [-0.15, -0.1) is 0 Å². The molecule has 0 aromatic carbocycles. The van der Waals surface area contributed by atoms with Crippen LogP contribution in [0, 0.1) is 5.92 Å². The molecular formula is C10H20N2O3. The molecule has 0 radical (unpaired) electrons. The second-order valence-corrected chi connectivity index (χ2v) is 3.83. The lowest BCUT2D eigenvalue weighted by molar-refractivity contribution is -0.142. The molecule has 5 heteroatoms. The van der Waals surface area contributed by atoms with Crippen LogP contribution in [0.5, 0.6) is 0 Å². The van der Waals surface area contributed by atoms with E-state index < -0.39 is 5.91 Å². The van der Waals surface area contributed by atoms with Gasteiger partial charge in [0.15, 0.2) is 0 Å². The molecule has 15 heavy (non-hydrogen) atoms. The van der Waals surface area contributed by atoms with E-state index in [1.165, 1.54) is 0 Å². The standard InChI is InChI=1S/C10H20N2O3/c1-8(2)4-3-5-15-10(14)7-12-6-9(11)13/h8,12H,3-7H2,1-2H3,(H2,11,13). The zero-order valence-electron chi connectivity index (χ0n) is 9.41. The van der Waals surface area contributed by atoms with E-state index in [0.29, 0.717) is 12.5 Å². The van der Waals surface area contributed by atoms with Crippen molar-refractivity contribution in [3.8, 4) is 0 Å². The van der Waals surface area contributed by atoms with Crippen molar-refractivity contribution in [3.63, 3.8) is 0 Å². The molecule has 0 saturated heterocycles. The van der Waals surface area contributed by atoms with Gasteiger partial charge in [0.1, 0.15) is 0 Å². The van der Waals surface area contributed by atoms with Crippen LogP contribution in [0.3, 0.4) is 0 Å². The highest BCUT2D eigenvalue weighted by Gasteiger charge is 2.03. The first kappa shape index (κ1) is 13.9. The Morgan fingerprint density at radius 3 is 2.53 bits per heavy atom. The van der Waals surface area contributed by atoms with Crippen LogP contribution in [0.2, 0.25) is 0 Å². The first-order chi connectivity index (χ1) is 7.02. The highest BCUT2D eigenvalue weighted by molar-refractivity contribution is 5.77. The molecule has 0 atom stereocenters. The number of esters is 1. The number of hydrogen-bond acceptors (Lipinski definition) is 4. The van der Waals surface area contributed by atoms with Gasteiger partial charge in [-0.2, -0.15) is 0 Å². The first-order valence-electron chi connectivity index (χ1n) is 5.17. The molecular weight excluding hydrogens is 196 g/mol. The Labute approximate surface area is 90.4 Å². The summed E-state index contributed by atoms with van der Waals surface area (Å²) in [5.74, 6) is -0.209. The second-order valence-electron chi connectivity index (χ2n) is 3.83. The van der Waals surface area contributed by atoms with Crippen LogP contribution in [0.1, 0.15) is 26.7 Å². The third-order valence-corrected chi connectivity index (χ3v) is 1.76. The topological polar surface area (TPSA) is 81.4 Å². The van der Waals surface area contributed by atoms with Gasteiger partial charge in [0.25, 0.3) is 0 Å². The van der Waals surface area contributed by atoms with E-state index in [0.717, 1.165) is 12.8 Å². The van der Waals surface area contributed by atoms with Crippen molar-refractivity contribution in [2.75, 3.05) is 19.7 Å². The van der Waals surface area contributed by atoms with E-state index in [2.05, 4.69) is 19.2 Å².